The van der Waals surface area contributed by atoms with Crippen LogP contribution in [0.15, 0.2) is 18.2 Å². The van der Waals surface area contributed by atoms with E-state index < -0.39 is 0 Å². The molecule has 0 bridgehead atoms. The fourth-order valence-electron chi connectivity index (χ4n) is 1.51. The molecule has 1 unspecified atom stereocenters. The van der Waals surface area contributed by atoms with Gasteiger partial charge in [0.25, 0.3) is 0 Å². The first kappa shape index (κ1) is 14.3. The number of ether oxygens (including phenoxy) is 2. The maximum atomic E-state index is 11.8. The molecule has 5 nitrogen and oxygen atoms in total. The molecule has 0 saturated carbocycles. The van der Waals surface area contributed by atoms with E-state index in [1.165, 1.54) is 0 Å². The van der Waals surface area contributed by atoms with E-state index in [9.17, 15) is 4.79 Å². The number of hydrogen-bond acceptors (Lipinski definition) is 4. The Labute approximate surface area is 107 Å². The number of anilines is 1. The number of carbonyl (C=O) groups is 1. The highest BCUT2D eigenvalue weighted by Gasteiger charge is 2.11. The normalized spacial score (nSPS) is 11.8. The highest BCUT2D eigenvalue weighted by Crippen LogP contribution is 2.29. The summed E-state index contributed by atoms with van der Waals surface area (Å²) < 4.78 is 10.3. The first-order valence-electron chi connectivity index (χ1n) is 5.82. The Morgan fingerprint density at radius 1 is 1.39 bits per heavy atom. The molecule has 1 rings (SSSR count). The van der Waals surface area contributed by atoms with Gasteiger partial charge in [-0.05, 0) is 24.6 Å². The molecule has 1 aromatic carbocycles. The zero-order chi connectivity index (χ0) is 13.5. The molecule has 1 atom stereocenters. The third-order valence-corrected chi connectivity index (χ3v) is 2.62. The zero-order valence-corrected chi connectivity index (χ0v) is 11.0. The lowest BCUT2D eigenvalue weighted by atomic mass is 10.1. The van der Waals surface area contributed by atoms with Gasteiger partial charge in [-0.2, -0.15) is 0 Å². The Bertz CT molecular complexity index is 407. The van der Waals surface area contributed by atoms with Gasteiger partial charge in [-0.1, -0.05) is 6.92 Å². The van der Waals surface area contributed by atoms with Crippen molar-refractivity contribution in [3.05, 3.63) is 18.2 Å². The van der Waals surface area contributed by atoms with Crippen molar-refractivity contribution in [2.45, 2.75) is 13.3 Å². The summed E-state index contributed by atoms with van der Waals surface area (Å²) in [6, 6.07) is 5.25. The van der Waals surface area contributed by atoms with Gasteiger partial charge >= 0.3 is 0 Å². The average Bonchev–Trinajstić information content (AvgIpc) is 2.38. The van der Waals surface area contributed by atoms with Crippen LogP contribution in [0.5, 0.6) is 11.5 Å². The van der Waals surface area contributed by atoms with Crippen LogP contribution in [0.4, 0.5) is 5.69 Å². The van der Waals surface area contributed by atoms with Crippen LogP contribution in [0.1, 0.15) is 13.3 Å². The monoisotopic (exact) mass is 252 g/mol. The summed E-state index contributed by atoms with van der Waals surface area (Å²) in [5.41, 5.74) is 6.09. The standard InChI is InChI=1S/C13H20N2O3/c1-9(8-14)6-13(16)15-11-7-10(17-2)4-5-12(11)18-3/h4-5,7,9H,6,8,14H2,1-3H3,(H,15,16). The average molecular weight is 252 g/mol. The van der Waals surface area contributed by atoms with Gasteiger partial charge in [-0.25, -0.2) is 0 Å². The van der Waals surface area contributed by atoms with Crippen molar-refractivity contribution in [3.8, 4) is 11.5 Å². The number of benzene rings is 1. The van der Waals surface area contributed by atoms with Gasteiger partial charge in [-0.3, -0.25) is 4.79 Å². The molecule has 0 aliphatic rings. The van der Waals surface area contributed by atoms with E-state index in [0.29, 0.717) is 30.2 Å². The number of hydrogen-bond donors (Lipinski definition) is 2. The minimum absolute atomic E-state index is 0.0838. The predicted octanol–water partition coefficient (Wildman–Crippen LogP) is 1.63. The molecule has 0 radical (unpaired) electrons. The van der Waals surface area contributed by atoms with Gasteiger partial charge in [-0.15, -0.1) is 0 Å². The highest BCUT2D eigenvalue weighted by molar-refractivity contribution is 5.92. The largest absolute Gasteiger partial charge is 0.497 e. The second-order valence-electron chi connectivity index (χ2n) is 4.16. The van der Waals surface area contributed by atoms with Gasteiger partial charge < -0.3 is 20.5 Å². The van der Waals surface area contributed by atoms with Gasteiger partial charge in [0, 0.05) is 12.5 Å². The third kappa shape index (κ3) is 3.92. The summed E-state index contributed by atoms with van der Waals surface area (Å²) in [6.45, 7) is 2.42. The topological polar surface area (TPSA) is 73.6 Å². The van der Waals surface area contributed by atoms with E-state index in [0.717, 1.165) is 0 Å². The van der Waals surface area contributed by atoms with Crippen LogP contribution in [0.2, 0.25) is 0 Å². The molecular formula is C13H20N2O3. The Hall–Kier alpha value is -1.75. The van der Waals surface area contributed by atoms with Crippen LogP contribution in [0, 0.1) is 5.92 Å². The van der Waals surface area contributed by atoms with E-state index in [-0.39, 0.29) is 11.8 Å². The van der Waals surface area contributed by atoms with Crippen LogP contribution in [0.3, 0.4) is 0 Å². The highest BCUT2D eigenvalue weighted by atomic mass is 16.5. The Morgan fingerprint density at radius 2 is 2.11 bits per heavy atom. The molecule has 18 heavy (non-hydrogen) atoms. The van der Waals surface area contributed by atoms with Gasteiger partial charge in [0.2, 0.25) is 5.91 Å². The SMILES string of the molecule is COc1ccc(OC)c(NC(=O)CC(C)CN)c1. The molecule has 1 aromatic rings. The van der Waals surface area contributed by atoms with Crippen LogP contribution >= 0.6 is 0 Å². The summed E-state index contributed by atoms with van der Waals surface area (Å²) in [4.78, 5) is 11.8. The summed E-state index contributed by atoms with van der Waals surface area (Å²) in [6.07, 6.45) is 0.386. The lowest BCUT2D eigenvalue weighted by Gasteiger charge is -2.13. The Balaban J connectivity index is 2.78. The number of methoxy groups -OCH3 is 2. The summed E-state index contributed by atoms with van der Waals surface area (Å²) in [7, 11) is 3.13. The first-order valence-corrected chi connectivity index (χ1v) is 5.82. The summed E-state index contributed by atoms with van der Waals surface area (Å²) in [5.74, 6) is 1.34. The van der Waals surface area contributed by atoms with Gasteiger partial charge in [0.15, 0.2) is 0 Å². The van der Waals surface area contributed by atoms with Crippen molar-refractivity contribution in [2.75, 3.05) is 26.1 Å². The van der Waals surface area contributed by atoms with E-state index in [4.69, 9.17) is 15.2 Å². The molecule has 0 aliphatic carbocycles. The lowest BCUT2D eigenvalue weighted by molar-refractivity contribution is -0.116. The molecule has 3 N–H and O–H groups in total. The second-order valence-corrected chi connectivity index (χ2v) is 4.16. The lowest BCUT2D eigenvalue weighted by Crippen LogP contribution is -2.20. The molecule has 100 valence electrons. The second kappa shape index (κ2) is 6.86. The number of nitrogens with two attached hydrogens (primary N) is 1. The van der Waals surface area contributed by atoms with E-state index >= 15 is 0 Å². The van der Waals surface area contributed by atoms with Crippen LogP contribution < -0.4 is 20.5 Å². The van der Waals surface area contributed by atoms with Crippen LogP contribution in [-0.2, 0) is 4.79 Å². The summed E-state index contributed by atoms with van der Waals surface area (Å²) >= 11 is 0. The molecule has 5 heteroatoms. The maximum Gasteiger partial charge on any atom is 0.224 e. The minimum Gasteiger partial charge on any atom is -0.497 e. The molecule has 0 fully saturated rings. The Morgan fingerprint density at radius 3 is 2.67 bits per heavy atom. The van der Waals surface area contributed by atoms with Gasteiger partial charge in [0.05, 0.1) is 19.9 Å². The number of carbonyl (C=O) groups excluding carboxylic acids is 1. The number of nitrogens with one attached hydrogen (secondary N) is 1. The smallest absolute Gasteiger partial charge is 0.224 e. The molecular weight excluding hydrogens is 232 g/mol. The molecule has 0 spiro atoms. The predicted molar refractivity (Wildman–Crippen MR) is 71.0 cm³/mol. The quantitative estimate of drug-likeness (QED) is 0.807. The van der Waals surface area contributed by atoms with Crippen molar-refractivity contribution in [1.29, 1.82) is 0 Å². The maximum absolute atomic E-state index is 11.8. The van der Waals surface area contributed by atoms with Gasteiger partial charge in [0.1, 0.15) is 11.5 Å². The fourth-order valence-corrected chi connectivity index (χ4v) is 1.51. The van der Waals surface area contributed by atoms with E-state index in [1.54, 1.807) is 32.4 Å². The molecule has 0 heterocycles. The molecule has 1 amide bonds. The summed E-state index contributed by atoms with van der Waals surface area (Å²) in [5, 5.41) is 2.80. The molecule has 0 aliphatic heterocycles. The van der Waals surface area contributed by atoms with Crippen LogP contribution in [-0.4, -0.2) is 26.7 Å². The van der Waals surface area contributed by atoms with E-state index in [1.807, 2.05) is 6.92 Å². The van der Waals surface area contributed by atoms with Crippen LogP contribution in [0.25, 0.3) is 0 Å². The van der Waals surface area contributed by atoms with Crippen molar-refractivity contribution in [3.63, 3.8) is 0 Å². The first-order chi connectivity index (χ1) is 8.60. The van der Waals surface area contributed by atoms with Crippen molar-refractivity contribution < 1.29 is 14.3 Å². The fraction of sp³-hybridized carbons (Fsp3) is 0.462. The van der Waals surface area contributed by atoms with E-state index in [2.05, 4.69) is 5.32 Å². The van der Waals surface area contributed by atoms with Crippen molar-refractivity contribution >= 4 is 11.6 Å². The molecule has 0 aromatic heterocycles. The number of rotatable bonds is 6. The van der Waals surface area contributed by atoms with Crippen molar-refractivity contribution in [1.82, 2.24) is 0 Å². The third-order valence-electron chi connectivity index (χ3n) is 2.62. The minimum atomic E-state index is -0.0838. The number of amides is 1. The molecule has 0 saturated heterocycles. The Kier molecular flexibility index (Phi) is 5.45. The van der Waals surface area contributed by atoms with Crippen molar-refractivity contribution in [2.24, 2.45) is 11.7 Å². The zero-order valence-electron chi connectivity index (χ0n) is 11.0.